The van der Waals surface area contributed by atoms with Gasteiger partial charge in [0.2, 0.25) is 0 Å². The molecule has 0 saturated heterocycles. The minimum atomic E-state index is -0.551. The molecule has 0 spiro atoms. The Morgan fingerprint density at radius 3 is 2.80 bits per heavy atom. The Bertz CT molecular complexity index is 521. The molecule has 1 aromatic rings. The SMILES string of the molecule is CC(C)(CCC=N)C(=O)c1c(Cl)cccc1OC1CC1. The molecular formula is C16H20ClNO2. The molecule has 4 heteroatoms. The lowest BCUT2D eigenvalue weighted by Gasteiger charge is -2.24. The van der Waals surface area contributed by atoms with Gasteiger partial charge >= 0.3 is 0 Å². The molecule has 1 fully saturated rings. The Morgan fingerprint density at radius 1 is 1.50 bits per heavy atom. The molecule has 1 N–H and O–H groups in total. The van der Waals surface area contributed by atoms with Crippen LogP contribution in [0.5, 0.6) is 5.75 Å². The molecular weight excluding hydrogens is 274 g/mol. The third-order valence-corrected chi connectivity index (χ3v) is 3.86. The van der Waals surface area contributed by atoms with Crippen LogP contribution in [-0.2, 0) is 0 Å². The number of ketones is 1. The summed E-state index contributed by atoms with van der Waals surface area (Å²) in [6.45, 7) is 3.78. The van der Waals surface area contributed by atoms with E-state index in [9.17, 15) is 4.79 Å². The highest BCUT2D eigenvalue weighted by atomic mass is 35.5. The van der Waals surface area contributed by atoms with Gasteiger partial charge in [0.1, 0.15) is 5.75 Å². The van der Waals surface area contributed by atoms with E-state index >= 15 is 0 Å². The maximum absolute atomic E-state index is 12.8. The molecule has 20 heavy (non-hydrogen) atoms. The van der Waals surface area contributed by atoms with E-state index in [0.29, 0.717) is 29.2 Å². The largest absolute Gasteiger partial charge is 0.490 e. The van der Waals surface area contributed by atoms with E-state index in [2.05, 4.69) is 0 Å². The Hall–Kier alpha value is -1.35. The molecule has 108 valence electrons. The number of rotatable bonds is 7. The third-order valence-electron chi connectivity index (χ3n) is 3.55. The predicted octanol–water partition coefficient (Wildman–Crippen LogP) is 4.52. The van der Waals surface area contributed by atoms with E-state index in [4.69, 9.17) is 21.7 Å². The second kappa shape index (κ2) is 5.96. The van der Waals surface area contributed by atoms with Crippen LogP contribution in [0.15, 0.2) is 18.2 Å². The number of Topliss-reactive ketones (excluding diaryl/α,β-unsaturated/α-hetero) is 1. The molecule has 0 unspecified atom stereocenters. The first-order valence-electron chi connectivity index (χ1n) is 6.94. The van der Waals surface area contributed by atoms with Crippen molar-refractivity contribution in [3.63, 3.8) is 0 Å². The number of carbonyl (C=O) groups excluding carboxylic acids is 1. The zero-order valence-corrected chi connectivity index (χ0v) is 12.7. The van der Waals surface area contributed by atoms with Gasteiger partial charge in [0.15, 0.2) is 5.78 Å². The summed E-state index contributed by atoms with van der Waals surface area (Å²) in [4.78, 5) is 12.8. The number of halogens is 1. The summed E-state index contributed by atoms with van der Waals surface area (Å²) in [7, 11) is 0. The van der Waals surface area contributed by atoms with E-state index in [1.165, 1.54) is 6.21 Å². The number of nitrogens with one attached hydrogen (secondary N) is 1. The smallest absolute Gasteiger partial charge is 0.173 e. The molecule has 3 nitrogen and oxygen atoms in total. The molecule has 2 rings (SSSR count). The molecule has 0 aromatic heterocycles. The first-order valence-corrected chi connectivity index (χ1v) is 7.32. The van der Waals surface area contributed by atoms with Crippen molar-refractivity contribution in [2.75, 3.05) is 0 Å². The molecule has 0 amide bonds. The monoisotopic (exact) mass is 293 g/mol. The number of ether oxygens (including phenoxy) is 1. The van der Waals surface area contributed by atoms with Gasteiger partial charge in [-0.05, 0) is 44.0 Å². The summed E-state index contributed by atoms with van der Waals surface area (Å²) < 4.78 is 5.81. The number of carbonyl (C=O) groups is 1. The standard InChI is InChI=1S/C16H20ClNO2/c1-16(2,9-4-10-18)15(19)14-12(17)5-3-6-13(14)20-11-7-8-11/h3,5-6,10-11,18H,4,7-9H2,1-2H3. The van der Waals surface area contributed by atoms with Crippen LogP contribution in [-0.4, -0.2) is 18.1 Å². The highest BCUT2D eigenvalue weighted by Gasteiger charge is 2.33. The molecule has 0 aliphatic heterocycles. The minimum absolute atomic E-state index is 0.0133. The summed E-state index contributed by atoms with van der Waals surface area (Å²) in [6.07, 6.45) is 4.85. The van der Waals surface area contributed by atoms with Crippen molar-refractivity contribution in [3.8, 4) is 5.75 Å². The zero-order valence-electron chi connectivity index (χ0n) is 11.9. The van der Waals surface area contributed by atoms with Crippen LogP contribution in [0.4, 0.5) is 0 Å². The highest BCUT2D eigenvalue weighted by Crippen LogP contribution is 2.37. The van der Waals surface area contributed by atoms with Crippen molar-refractivity contribution < 1.29 is 9.53 Å². The number of benzene rings is 1. The Kier molecular flexibility index (Phi) is 4.48. The second-order valence-electron chi connectivity index (χ2n) is 5.89. The van der Waals surface area contributed by atoms with E-state index in [1.807, 2.05) is 19.9 Å². The summed E-state index contributed by atoms with van der Waals surface area (Å²) in [6, 6.07) is 5.34. The maximum Gasteiger partial charge on any atom is 0.173 e. The van der Waals surface area contributed by atoms with Crippen molar-refractivity contribution in [2.45, 2.75) is 45.6 Å². The van der Waals surface area contributed by atoms with Crippen LogP contribution in [0.1, 0.15) is 49.9 Å². The number of hydrogen-bond acceptors (Lipinski definition) is 3. The molecule has 1 aromatic carbocycles. The fraction of sp³-hybridized carbons (Fsp3) is 0.500. The molecule has 0 heterocycles. The summed E-state index contributed by atoms with van der Waals surface area (Å²) in [5, 5.41) is 7.57. The van der Waals surface area contributed by atoms with Crippen LogP contribution < -0.4 is 4.74 Å². The van der Waals surface area contributed by atoms with Crippen molar-refractivity contribution in [2.24, 2.45) is 5.41 Å². The zero-order chi connectivity index (χ0) is 14.8. The average Bonchev–Trinajstić information content (AvgIpc) is 3.20. The van der Waals surface area contributed by atoms with Crippen molar-refractivity contribution in [1.29, 1.82) is 5.41 Å². The lowest BCUT2D eigenvalue weighted by atomic mass is 9.80. The van der Waals surface area contributed by atoms with Gasteiger partial charge in [-0.3, -0.25) is 4.79 Å². The van der Waals surface area contributed by atoms with Gasteiger partial charge in [-0.25, -0.2) is 0 Å². The Labute approximate surface area is 124 Å². The lowest BCUT2D eigenvalue weighted by molar-refractivity contribution is 0.0825. The van der Waals surface area contributed by atoms with E-state index in [0.717, 1.165) is 12.8 Å². The number of hydrogen-bond donors (Lipinski definition) is 1. The van der Waals surface area contributed by atoms with E-state index in [1.54, 1.807) is 12.1 Å². The molecule has 1 aliphatic rings. The first-order chi connectivity index (χ1) is 9.45. The van der Waals surface area contributed by atoms with Crippen molar-refractivity contribution >= 4 is 23.6 Å². The fourth-order valence-electron chi connectivity index (χ4n) is 2.07. The summed E-state index contributed by atoms with van der Waals surface area (Å²) in [5.74, 6) is 0.577. The second-order valence-corrected chi connectivity index (χ2v) is 6.29. The maximum atomic E-state index is 12.8. The van der Waals surface area contributed by atoms with Gasteiger partial charge in [0.25, 0.3) is 0 Å². The summed E-state index contributed by atoms with van der Waals surface area (Å²) in [5.41, 5.74) is -0.0689. The molecule has 0 bridgehead atoms. The third kappa shape index (κ3) is 3.40. The average molecular weight is 294 g/mol. The molecule has 1 saturated carbocycles. The van der Waals surface area contributed by atoms with Crippen molar-refractivity contribution in [1.82, 2.24) is 0 Å². The molecule has 0 atom stereocenters. The van der Waals surface area contributed by atoms with Gasteiger partial charge in [0.05, 0.1) is 16.7 Å². The minimum Gasteiger partial charge on any atom is -0.490 e. The lowest BCUT2D eigenvalue weighted by Crippen LogP contribution is -2.25. The van der Waals surface area contributed by atoms with E-state index in [-0.39, 0.29) is 11.9 Å². The van der Waals surface area contributed by atoms with Crippen LogP contribution in [0, 0.1) is 10.8 Å². The quantitative estimate of drug-likeness (QED) is 0.593. The van der Waals surface area contributed by atoms with Crippen LogP contribution in [0.25, 0.3) is 0 Å². The van der Waals surface area contributed by atoms with Gasteiger partial charge < -0.3 is 10.1 Å². The Morgan fingerprint density at radius 2 is 2.20 bits per heavy atom. The van der Waals surface area contributed by atoms with Crippen LogP contribution >= 0.6 is 11.6 Å². The van der Waals surface area contributed by atoms with Crippen LogP contribution in [0.2, 0.25) is 5.02 Å². The van der Waals surface area contributed by atoms with Crippen molar-refractivity contribution in [3.05, 3.63) is 28.8 Å². The van der Waals surface area contributed by atoms with E-state index < -0.39 is 5.41 Å². The first kappa shape index (κ1) is 15.0. The Balaban J connectivity index is 2.29. The summed E-state index contributed by atoms with van der Waals surface area (Å²) >= 11 is 6.22. The van der Waals surface area contributed by atoms with Gasteiger partial charge in [-0.2, -0.15) is 0 Å². The van der Waals surface area contributed by atoms with Crippen LogP contribution in [0.3, 0.4) is 0 Å². The molecule has 0 radical (unpaired) electrons. The fourth-order valence-corrected chi connectivity index (χ4v) is 2.32. The highest BCUT2D eigenvalue weighted by molar-refractivity contribution is 6.34. The van der Waals surface area contributed by atoms with Gasteiger partial charge in [-0.1, -0.05) is 31.5 Å². The topological polar surface area (TPSA) is 50.2 Å². The molecule has 1 aliphatic carbocycles. The van der Waals surface area contributed by atoms with Gasteiger partial charge in [0, 0.05) is 5.41 Å². The predicted molar refractivity (Wildman–Crippen MR) is 81.2 cm³/mol. The van der Waals surface area contributed by atoms with Gasteiger partial charge in [-0.15, -0.1) is 0 Å². The normalized spacial score (nSPS) is 14.9.